The van der Waals surface area contributed by atoms with Crippen LogP contribution in [0.15, 0.2) is 23.0 Å². The Morgan fingerprint density at radius 3 is 2.79 bits per heavy atom. The molecule has 0 bridgehead atoms. The first-order chi connectivity index (χ1) is 9.11. The molecule has 0 aliphatic rings. The molecule has 1 amide bonds. The number of carbonyl (C=O) groups is 1. The first kappa shape index (κ1) is 11.9. The van der Waals surface area contributed by atoms with E-state index in [2.05, 4.69) is 25.5 Å². The lowest BCUT2D eigenvalue weighted by Gasteiger charge is -2.01. The summed E-state index contributed by atoms with van der Waals surface area (Å²) in [5.74, 6) is -0.401. The van der Waals surface area contributed by atoms with Crippen LogP contribution in [0.3, 0.4) is 0 Å². The maximum Gasteiger partial charge on any atom is 0.323 e. The summed E-state index contributed by atoms with van der Waals surface area (Å²) in [6.45, 7) is 0. The van der Waals surface area contributed by atoms with Crippen molar-refractivity contribution in [3.05, 3.63) is 38.2 Å². The largest absolute Gasteiger partial charge is 0.323 e. The van der Waals surface area contributed by atoms with Crippen molar-refractivity contribution in [2.75, 3.05) is 5.32 Å². The molecule has 2 heterocycles. The second-order valence-corrected chi connectivity index (χ2v) is 5.21. The Hall–Kier alpha value is -2.19. The standard InChI is InChI=1S/C10H6ClN5O2S/c11-9-16-15-8(19-9)7(17)12-4-1-2-5-6(3-4)14-10(18)13-5/h1-3H,(H,12,17)(H2,13,14,18). The predicted octanol–water partition coefficient (Wildman–Crippen LogP) is 1.61. The van der Waals surface area contributed by atoms with Crippen LogP contribution >= 0.6 is 22.9 Å². The van der Waals surface area contributed by atoms with Gasteiger partial charge in [0, 0.05) is 5.69 Å². The summed E-state index contributed by atoms with van der Waals surface area (Å²) < 4.78 is 0.204. The van der Waals surface area contributed by atoms with Crippen molar-refractivity contribution in [3.63, 3.8) is 0 Å². The number of fused-ring (bicyclic) bond motifs is 1. The van der Waals surface area contributed by atoms with Crippen LogP contribution in [-0.4, -0.2) is 26.1 Å². The Kier molecular flexibility index (Phi) is 2.80. The average molecular weight is 296 g/mol. The lowest BCUT2D eigenvalue weighted by Crippen LogP contribution is -2.11. The molecule has 0 saturated heterocycles. The van der Waals surface area contributed by atoms with Crippen LogP contribution in [0, 0.1) is 0 Å². The first-order valence-electron chi connectivity index (χ1n) is 5.14. The van der Waals surface area contributed by atoms with E-state index < -0.39 is 5.91 Å². The van der Waals surface area contributed by atoms with Gasteiger partial charge in [-0.3, -0.25) is 4.79 Å². The Labute approximate surface area is 114 Å². The number of aromatic amines is 2. The zero-order valence-electron chi connectivity index (χ0n) is 9.23. The van der Waals surface area contributed by atoms with E-state index in [0.29, 0.717) is 16.7 Å². The number of carbonyl (C=O) groups excluding carboxylic acids is 1. The van der Waals surface area contributed by atoms with E-state index in [1.165, 1.54) is 0 Å². The van der Waals surface area contributed by atoms with Crippen LogP contribution in [0.5, 0.6) is 0 Å². The van der Waals surface area contributed by atoms with E-state index in [-0.39, 0.29) is 15.2 Å². The fourth-order valence-electron chi connectivity index (χ4n) is 1.59. The van der Waals surface area contributed by atoms with Gasteiger partial charge in [-0.05, 0) is 29.8 Å². The molecule has 0 atom stereocenters. The third-order valence-corrected chi connectivity index (χ3v) is 3.39. The molecule has 19 heavy (non-hydrogen) atoms. The highest BCUT2D eigenvalue weighted by Gasteiger charge is 2.12. The number of nitrogens with zero attached hydrogens (tertiary/aromatic N) is 2. The third kappa shape index (κ3) is 2.35. The Morgan fingerprint density at radius 1 is 1.26 bits per heavy atom. The highest BCUT2D eigenvalue weighted by molar-refractivity contribution is 7.17. The molecule has 0 spiro atoms. The molecule has 0 fully saturated rings. The van der Waals surface area contributed by atoms with Crippen molar-refractivity contribution >= 4 is 45.6 Å². The van der Waals surface area contributed by atoms with Crippen LogP contribution in [0.1, 0.15) is 9.80 Å². The molecule has 9 heteroatoms. The fraction of sp³-hybridized carbons (Fsp3) is 0. The van der Waals surface area contributed by atoms with Gasteiger partial charge in [-0.15, -0.1) is 10.2 Å². The lowest BCUT2D eigenvalue weighted by atomic mass is 10.3. The summed E-state index contributed by atoms with van der Waals surface area (Å²) >= 11 is 6.60. The molecule has 96 valence electrons. The number of H-pyrrole nitrogens is 2. The van der Waals surface area contributed by atoms with Gasteiger partial charge in [0.25, 0.3) is 5.91 Å². The third-order valence-electron chi connectivity index (χ3n) is 2.37. The van der Waals surface area contributed by atoms with Crippen molar-refractivity contribution < 1.29 is 4.79 Å². The lowest BCUT2D eigenvalue weighted by molar-refractivity contribution is 0.102. The van der Waals surface area contributed by atoms with Crippen LogP contribution in [-0.2, 0) is 0 Å². The molecular formula is C10H6ClN5O2S. The quantitative estimate of drug-likeness (QED) is 0.668. The van der Waals surface area contributed by atoms with Crippen LogP contribution in [0.2, 0.25) is 4.47 Å². The summed E-state index contributed by atoms with van der Waals surface area (Å²) in [4.78, 5) is 28.2. The van der Waals surface area contributed by atoms with E-state index >= 15 is 0 Å². The highest BCUT2D eigenvalue weighted by Crippen LogP contribution is 2.18. The summed E-state index contributed by atoms with van der Waals surface area (Å²) in [7, 11) is 0. The number of aromatic nitrogens is 4. The number of hydrogen-bond donors (Lipinski definition) is 3. The van der Waals surface area contributed by atoms with Gasteiger partial charge in [-0.1, -0.05) is 11.3 Å². The number of imidazole rings is 1. The van der Waals surface area contributed by atoms with Crippen molar-refractivity contribution in [2.45, 2.75) is 0 Å². The second kappa shape index (κ2) is 4.48. The predicted molar refractivity (Wildman–Crippen MR) is 71.8 cm³/mol. The number of hydrogen-bond acceptors (Lipinski definition) is 5. The molecule has 0 aliphatic carbocycles. The number of benzene rings is 1. The van der Waals surface area contributed by atoms with Gasteiger partial charge in [-0.2, -0.15) is 0 Å². The van der Waals surface area contributed by atoms with Gasteiger partial charge < -0.3 is 15.3 Å². The van der Waals surface area contributed by atoms with Gasteiger partial charge in [0.05, 0.1) is 11.0 Å². The topological polar surface area (TPSA) is 104 Å². The van der Waals surface area contributed by atoms with Gasteiger partial charge in [-0.25, -0.2) is 4.79 Å². The zero-order valence-corrected chi connectivity index (χ0v) is 10.8. The minimum atomic E-state index is -0.401. The maximum absolute atomic E-state index is 11.8. The molecule has 0 aliphatic heterocycles. The normalized spacial score (nSPS) is 10.8. The average Bonchev–Trinajstić information content (AvgIpc) is 2.93. The summed E-state index contributed by atoms with van der Waals surface area (Å²) in [5, 5.41) is 10.0. The molecule has 2 aromatic heterocycles. The molecule has 0 unspecified atom stereocenters. The van der Waals surface area contributed by atoms with Gasteiger partial charge in [0.15, 0.2) is 0 Å². The minimum absolute atomic E-state index is 0.174. The maximum atomic E-state index is 11.8. The monoisotopic (exact) mass is 295 g/mol. The SMILES string of the molecule is O=C(Nc1ccc2[nH]c(=O)[nH]c2c1)c1nnc(Cl)s1. The van der Waals surface area contributed by atoms with Crippen molar-refractivity contribution in [2.24, 2.45) is 0 Å². The minimum Gasteiger partial charge on any atom is -0.320 e. The number of nitrogens with one attached hydrogen (secondary N) is 3. The van der Waals surface area contributed by atoms with Crippen LogP contribution in [0.25, 0.3) is 11.0 Å². The van der Waals surface area contributed by atoms with Gasteiger partial charge in [0.1, 0.15) is 0 Å². The van der Waals surface area contributed by atoms with Crippen molar-refractivity contribution in [3.8, 4) is 0 Å². The molecule has 3 rings (SSSR count). The number of halogens is 1. The smallest absolute Gasteiger partial charge is 0.320 e. The number of amides is 1. The molecule has 7 nitrogen and oxygen atoms in total. The van der Waals surface area contributed by atoms with Crippen LogP contribution < -0.4 is 11.0 Å². The molecule has 3 N–H and O–H groups in total. The molecule has 0 saturated carbocycles. The first-order valence-corrected chi connectivity index (χ1v) is 6.34. The summed E-state index contributed by atoms with van der Waals surface area (Å²) in [5.41, 5.74) is 1.52. The highest BCUT2D eigenvalue weighted by atomic mass is 35.5. The van der Waals surface area contributed by atoms with E-state index in [1.54, 1.807) is 18.2 Å². The molecule has 1 aromatic carbocycles. The molecule has 3 aromatic rings. The van der Waals surface area contributed by atoms with Crippen LogP contribution in [0.4, 0.5) is 5.69 Å². The summed E-state index contributed by atoms with van der Waals surface area (Å²) in [6, 6.07) is 5.01. The number of anilines is 1. The Morgan fingerprint density at radius 2 is 2.05 bits per heavy atom. The molecule has 0 radical (unpaired) electrons. The Balaban J connectivity index is 1.88. The van der Waals surface area contributed by atoms with Gasteiger partial charge in [0.2, 0.25) is 9.47 Å². The Bertz CT molecular complexity index is 821. The fourth-order valence-corrected chi connectivity index (χ4v) is 2.32. The second-order valence-electron chi connectivity index (χ2n) is 3.65. The van der Waals surface area contributed by atoms with Crippen molar-refractivity contribution in [1.82, 2.24) is 20.2 Å². The van der Waals surface area contributed by atoms with Gasteiger partial charge >= 0.3 is 5.69 Å². The van der Waals surface area contributed by atoms with E-state index in [4.69, 9.17) is 11.6 Å². The van der Waals surface area contributed by atoms with E-state index in [9.17, 15) is 9.59 Å². The van der Waals surface area contributed by atoms with E-state index in [1.807, 2.05) is 0 Å². The zero-order chi connectivity index (χ0) is 13.4. The number of rotatable bonds is 2. The summed E-state index contributed by atoms with van der Waals surface area (Å²) in [6.07, 6.45) is 0. The molecular weight excluding hydrogens is 290 g/mol. The van der Waals surface area contributed by atoms with Crippen molar-refractivity contribution in [1.29, 1.82) is 0 Å². The van der Waals surface area contributed by atoms with E-state index in [0.717, 1.165) is 11.3 Å².